The summed E-state index contributed by atoms with van der Waals surface area (Å²) in [4.78, 5) is 13.0. The molecule has 29 heavy (non-hydrogen) atoms. The summed E-state index contributed by atoms with van der Waals surface area (Å²) in [5, 5.41) is 4.34. The lowest BCUT2D eigenvalue weighted by molar-refractivity contribution is -0.126. The summed E-state index contributed by atoms with van der Waals surface area (Å²) in [6, 6.07) is 14.9. The van der Waals surface area contributed by atoms with Crippen molar-refractivity contribution in [1.82, 2.24) is 9.73 Å². The fourth-order valence-corrected chi connectivity index (χ4v) is 5.50. The van der Waals surface area contributed by atoms with Gasteiger partial charge in [-0.25, -0.2) is 13.8 Å². The van der Waals surface area contributed by atoms with E-state index in [1.807, 2.05) is 25.1 Å². The van der Waals surface area contributed by atoms with Gasteiger partial charge < -0.3 is 0 Å². The molecule has 0 bridgehead atoms. The Kier molecular flexibility index (Phi) is 5.52. The van der Waals surface area contributed by atoms with Gasteiger partial charge in [-0.3, -0.25) is 4.79 Å². The average Bonchev–Trinajstić information content (AvgIpc) is 3.15. The summed E-state index contributed by atoms with van der Waals surface area (Å²) < 4.78 is 27.3. The number of fused-ring (bicyclic) bond motifs is 1. The third-order valence-electron chi connectivity index (χ3n) is 5.67. The van der Waals surface area contributed by atoms with Crippen LogP contribution in [0, 0.1) is 12.8 Å². The zero-order valence-corrected chi connectivity index (χ0v) is 17.3. The van der Waals surface area contributed by atoms with Gasteiger partial charge in [0.05, 0.1) is 16.5 Å². The van der Waals surface area contributed by atoms with Gasteiger partial charge in [0, 0.05) is 18.7 Å². The fraction of sp³-hybridized carbons (Fsp3) is 0.364. The number of nitrogens with zero attached hydrogens (tertiary/aromatic N) is 2. The standard InChI is InChI=1S/C22H25N3O3S/c1-16-8-11-19(12-9-16)29(27,28)25-14-4-6-18(15-25)22(26)24-23-21-13-10-17-5-2-3-7-20(17)21/h2-3,5,7-9,11-12,18H,4,6,10,13-15H2,1H3,(H,24,26)/b23-21-/t18-/m0/s1. The third-order valence-corrected chi connectivity index (χ3v) is 7.55. The molecule has 0 aromatic heterocycles. The molecule has 1 saturated heterocycles. The van der Waals surface area contributed by atoms with Crippen molar-refractivity contribution in [1.29, 1.82) is 0 Å². The molecule has 1 fully saturated rings. The third kappa shape index (κ3) is 4.11. The summed E-state index contributed by atoms with van der Waals surface area (Å²) in [5.41, 5.74) is 6.90. The molecule has 1 aliphatic carbocycles. The van der Waals surface area contributed by atoms with Crippen LogP contribution in [0.4, 0.5) is 0 Å². The Bertz CT molecular complexity index is 1050. The topological polar surface area (TPSA) is 78.8 Å². The van der Waals surface area contributed by atoms with Gasteiger partial charge in [0.1, 0.15) is 0 Å². The number of carbonyl (C=O) groups is 1. The minimum Gasteiger partial charge on any atom is -0.273 e. The highest BCUT2D eigenvalue weighted by molar-refractivity contribution is 7.89. The number of amides is 1. The van der Waals surface area contributed by atoms with Crippen LogP contribution in [0.25, 0.3) is 0 Å². The Morgan fingerprint density at radius 2 is 1.86 bits per heavy atom. The van der Waals surface area contributed by atoms with E-state index in [2.05, 4.69) is 16.6 Å². The lowest BCUT2D eigenvalue weighted by Gasteiger charge is -2.30. The largest absolute Gasteiger partial charge is 0.273 e. The highest BCUT2D eigenvalue weighted by Gasteiger charge is 2.33. The molecule has 4 rings (SSSR count). The molecule has 1 N–H and O–H groups in total. The maximum absolute atomic E-state index is 12.9. The molecule has 0 saturated carbocycles. The molecule has 0 unspecified atom stereocenters. The van der Waals surface area contributed by atoms with Gasteiger partial charge in [-0.05, 0) is 50.3 Å². The van der Waals surface area contributed by atoms with Crippen molar-refractivity contribution in [3.63, 3.8) is 0 Å². The normalized spacial score (nSPS) is 21.1. The minimum absolute atomic E-state index is 0.184. The molecule has 1 aliphatic heterocycles. The van der Waals surface area contributed by atoms with Gasteiger partial charge in [0.25, 0.3) is 0 Å². The van der Waals surface area contributed by atoms with Gasteiger partial charge in [0.2, 0.25) is 15.9 Å². The van der Waals surface area contributed by atoms with Crippen LogP contribution < -0.4 is 5.43 Å². The maximum atomic E-state index is 12.9. The van der Waals surface area contributed by atoms with Crippen LogP contribution in [0.1, 0.15) is 36.0 Å². The predicted octanol–water partition coefficient (Wildman–Crippen LogP) is 2.86. The number of hydrogen-bond acceptors (Lipinski definition) is 4. The van der Waals surface area contributed by atoms with Gasteiger partial charge in [-0.2, -0.15) is 9.41 Å². The number of hydrazone groups is 1. The molecule has 2 aliphatic rings. The molecule has 2 aromatic rings. The molecule has 0 radical (unpaired) electrons. The van der Waals surface area contributed by atoms with E-state index in [0.29, 0.717) is 19.4 Å². The predicted molar refractivity (Wildman–Crippen MR) is 112 cm³/mol. The van der Waals surface area contributed by atoms with Crippen LogP contribution >= 0.6 is 0 Å². The summed E-state index contributed by atoms with van der Waals surface area (Å²) in [6.07, 6.45) is 3.05. The van der Waals surface area contributed by atoms with Crippen molar-refractivity contribution in [2.24, 2.45) is 11.0 Å². The first-order chi connectivity index (χ1) is 13.9. The molecular formula is C22H25N3O3S. The molecule has 2 aromatic carbocycles. The Hall–Kier alpha value is -2.51. The van der Waals surface area contributed by atoms with Crippen LogP contribution in [-0.4, -0.2) is 37.4 Å². The van der Waals surface area contributed by atoms with Gasteiger partial charge in [-0.15, -0.1) is 0 Å². The molecule has 1 atom stereocenters. The number of nitrogens with one attached hydrogen (secondary N) is 1. The second-order valence-corrected chi connectivity index (χ2v) is 9.64. The van der Waals surface area contributed by atoms with Gasteiger partial charge in [-0.1, -0.05) is 42.0 Å². The van der Waals surface area contributed by atoms with E-state index in [-0.39, 0.29) is 17.3 Å². The summed E-state index contributed by atoms with van der Waals surface area (Å²) in [6.45, 7) is 2.54. The van der Waals surface area contributed by atoms with Crippen LogP contribution in [0.2, 0.25) is 0 Å². The Labute approximate surface area is 171 Å². The van der Waals surface area contributed by atoms with Crippen molar-refractivity contribution >= 4 is 21.6 Å². The molecule has 152 valence electrons. The van der Waals surface area contributed by atoms with Gasteiger partial charge >= 0.3 is 0 Å². The SMILES string of the molecule is Cc1ccc(S(=O)(=O)N2CCC[C@H](C(=O)N/N=C3/CCc4ccccc43)C2)cc1. The molecule has 0 spiro atoms. The van der Waals surface area contributed by atoms with E-state index in [0.717, 1.165) is 29.7 Å². The maximum Gasteiger partial charge on any atom is 0.244 e. The van der Waals surface area contributed by atoms with E-state index >= 15 is 0 Å². The zero-order chi connectivity index (χ0) is 20.4. The molecule has 1 amide bonds. The number of carbonyl (C=O) groups excluding carboxylic acids is 1. The van der Waals surface area contributed by atoms with Crippen molar-refractivity contribution in [3.8, 4) is 0 Å². The second-order valence-electron chi connectivity index (χ2n) is 7.71. The molecule has 7 heteroatoms. The Morgan fingerprint density at radius 3 is 2.66 bits per heavy atom. The Balaban J connectivity index is 1.44. The van der Waals surface area contributed by atoms with E-state index < -0.39 is 15.9 Å². The van der Waals surface area contributed by atoms with Crippen LogP contribution in [-0.2, 0) is 21.2 Å². The molecular weight excluding hydrogens is 386 g/mol. The highest BCUT2D eigenvalue weighted by atomic mass is 32.2. The lowest BCUT2D eigenvalue weighted by atomic mass is 9.99. The van der Waals surface area contributed by atoms with Crippen LogP contribution in [0.5, 0.6) is 0 Å². The fourth-order valence-electron chi connectivity index (χ4n) is 3.97. The van der Waals surface area contributed by atoms with Crippen molar-refractivity contribution < 1.29 is 13.2 Å². The monoisotopic (exact) mass is 411 g/mol. The van der Waals surface area contributed by atoms with Crippen LogP contribution in [0.15, 0.2) is 58.5 Å². The van der Waals surface area contributed by atoms with E-state index in [1.54, 1.807) is 24.3 Å². The number of rotatable bonds is 4. The summed E-state index contributed by atoms with van der Waals surface area (Å²) >= 11 is 0. The lowest BCUT2D eigenvalue weighted by Crippen LogP contribution is -2.44. The number of hydrogen-bond donors (Lipinski definition) is 1. The number of benzene rings is 2. The summed E-state index contributed by atoms with van der Waals surface area (Å²) in [7, 11) is -3.60. The zero-order valence-electron chi connectivity index (χ0n) is 16.5. The van der Waals surface area contributed by atoms with E-state index in [1.165, 1.54) is 9.87 Å². The van der Waals surface area contributed by atoms with Crippen molar-refractivity contribution in [2.45, 2.75) is 37.5 Å². The van der Waals surface area contributed by atoms with Crippen molar-refractivity contribution in [3.05, 3.63) is 65.2 Å². The molecule has 6 nitrogen and oxygen atoms in total. The highest BCUT2D eigenvalue weighted by Crippen LogP contribution is 2.25. The van der Waals surface area contributed by atoms with E-state index in [9.17, 15) is 13.2 Å². The average molecular weight is 412 g/mol. The minimum atomic E-state index is -3.60. The first-order valence-electron chi connectivity index (χ1n) is 9.96. The first kappa shape index (κ1) is 19.8. The second kappa shape index (κ2) is 8.08. The Morgan fingerprint density at radius 1 is 1.10 bits per heavy atom. The number of aryl methyl sites for hydroxylation is 2. The number of sulfonamides is 1. The van der Waals surface area contributed by atoms with E-state index in [4.69, 9.17) is 0 Å². The summed E-state index contributed by atoms with van der Waals surface area (Å²) in [5.74, 6) is -0.615. The van der Waals surface area contributed by atoms with Crippen LogP contribution in [0.3, 0.4) is 0 Å². The number of piperidine rings is 1. The first-order valence-corrected chi connectivity index (χ1v) is 11.4. The van der Waals surface area contributed by atoms with Crippen molar-refractivity contribution in [2.75, 3.05) is 13.1 Å². The molecule has 1 heterocycles. The smallest absolute Gasteiger partial charge is 0.244 e. The quantitative estimate of drug-likeness (QED) is 0.786. The van der Waals surface area contributed by atoms with Gasteiger partial charge in [0.15, 0.2) is 0 Å².